The van der Waals surface area contributed by atoms with Crippen LogP contribution in [0.4, 0.5) is 10.1 Å². The Labute approximate surface area is 260 Å². The van der Waals surface area contributed by atoms with Gasteiger partial charge in [0.2, 0.25) is 11.8 Å². The van der Waals surface area contributed by atoms with Gasteiger partial charge in [-0.15, -0.1) is 0 Å². The van der Waals surface area contributed by atoms with Gasteiger partial charge in [0.15, 0.2) is 5.75 Å². The number of halogens is 1. The SMILES string of the molecule is COc1ccc(C2C(C#N)=C(NS(=O)(=O)c3ccc([N+](=O)[O-])cc3)Oc3c2c(=O)oc2ccccc32)cc1-c1cnc(F)c(C)c1. The van der Waals surface area contributed by atoms with Gasteiger partial charge in [0.1, 0.15) is 23.0 Å². The number of sulfonamides is 1. The van der Waals surface area contributed by atoms with Crippen molar-refractivity contribution in [2.24, 2.45) is 0 Å². The van der Waals surface area contributed by atoms with Crippen molar-refractivity contribution in [2.45, 2.75) is 17.7 Å². The molecule has 14 heteroatoms. The van der Waals surface area contributed by atoms with Crippen molar-refractivity contribution < 1.29 is 31.6 Å². The minimum atomic E-state index is -4.46. The van der Waals surface area contributed by atoms with Crippen molar-refractivity contribution in [3.05, 3.63) is 134 Å². The first-order chi connectivity index (χ1) is 22.0. The zero-order valence-corrected chi connectivity index (χ0v) is 24.8. The summed E-state index contributed by atoms with van der Waals surface area (Å²) in [5.74, 6) is -1.99. The van der Waals surface area contributed by atoms with E-state index in [0.717, 1.165) is 24.3 Å². The molecular weight excluding hydrogens is 619 g/mol. The third-order valence-electron chi connectivity index (χ3n) is 7.41. The number of benzene rings is 3. The van der Waals surface area contributed by atoms with Crippen LogP contribution in [0.15, 0.2) is 105 Å². The summed E-state index contributed by atoms with van der Waals surface area (Å²) in [5.41, 5.74) is 0.257. The van der Waals surface area contributed by atoms with Crippen molar-refractivity contribution in [1.29, 1.82) is 5.26 Å². The number of aromatic nitrogens is 1. The van der Waals surface area contributed by atoms with E-state index < -0.39 is 38.3 Å². The average molecular weight is 641 g/mol. The average Bonchev–Trinajstić information content (AvgIpc) is 3.05. The zero-order chi connectivity index (χ0) is 32.7. The van der Waals surface area contributed by atoms with Crippen LogP contribution in [-0.2, 0) is 10.0 Å². The molecule has 3 heterocycles. The monoisotopic (exact) mass is 640 g/mol. The Morgan fingerprint density at radius 3 is 2.52 bits per heavy atom. The molecule has 0 saturated heterocycles. The second-order valence-electron chi connectivity index (χ2n) is 10.2. The van der Waals surface area contributed by atoms with E-state index in [4.69, 9.17) is 13.9 Å². The van der Waals surface area contributed by atoms with Gasteiger partial charge in [-0.05, 0) is 55.0 Å². The van der Waals surface area contributed by atoms with Crippen LogP contribution in [0, 0.1) is 34.3 Å². The summed E-state index contributed by atoms with van der Waals surface area (Å²) in [4.78, 5) is 27.4. The molecule has 0 saturated carbocycles. The van der Waals surface area contributed by atoms with Gasteiger partial charge in [-0.1, -0.05) is 18.2 Å². The highest BCUT2D eigenvalue weighted by molar-refractivity contribution is 7.89. The van der Waals surface area contributed by atoms with E-state index in [0.29, 0.717) is 27.8 Å². The van der Waals surface area contributed by atoms with Crippen LogP contribution in [0.1, 0.15) is 22.6 Å². The smallest absolute Gasteiger partial charge is 0.344 e. The Kier molecular flexibility index (Phi) is 7.46. The summed E-state index contributed by atoms with van der Waals surface area (Å²) in [5, 5.41) is 21.9. The maximum absolute atomic E-state index is 14.0. The van der Waals surface area contributed by atoms with Crippen molar-refractivity contribution in [2.75, 3.05) is 7.11 Å². The molecule has 1 unspecified atom stereocenters. The molecule has 46 heavy (non-hydrogen) atoms. The quantitative estimate of drug-likeness (QED) is 0.104. The number of hydrogen-bond donors (Lipinski definition) is 1. The number of methoxy groups -OCH3 is 1. The van der Waals surface area contributed by atoms with Crippen LogP contribution >= 0.6 is 0 Å². The molecular formula is C32H21FN4O8S. The summed E-state index contributed by atoms with van der Waals surface area (Å²) in [7, 11) is -3.02. The van der Waals surface area contributed by atoms with Gasteiger partial charge in [-0.2, -0.15) is 9.65 Å². The van der Waals surface area contributed by atoms with Gasteiger partial charge in [-0.3, -0.25) is 10.1 Å². The molecule has 5 aromatic rings. The third-order valence-corrected chi connectivity index (χ3v) is 8.76. The van der Waals surface area contributed by atoms with Crippen molar-refractivity contribution in [1.82, 2.24) is 9.71 Å². The third kappa shape index (κ3) is 5.18. The summed E-state index contributed by atoms with van der Waals surface area (Å²) in [6.07, 6.45) is 1.31. The number of aryl methyl sites for hydroxylation is 1. The number of nitro groups is 1. The first-order valence-corrected chi connectivity index (χ1v) is 15.0. The Balaban J connectivity index is 1.58. The maximum atomic E-state index is 14.0. The number of allylic oxidation sites excluding steroid dienone is 1. The van der Waals surface area contributed by atoms with Crippen molar-refractivity contribution in [3.8, 4) is 28.7 Å². The number of nitro benzene ring substituents is 1. The number of nitrogens with zero attached hydrogens (tertiary/aromatic N) is 3. The van der Waals surface area contributed by atoms with Crippen LogP contribution < -0.4 is 19.8 Å². The van der Waals surface area contributed by atoms with Crippen LogP contribution in [0.2, 0.25) is 0 Å². The lowest BCUT2D eigenvalue weighted by molar-refractivity contribution is -0.384. The van der Waals surface area contributed by atoms with E-state index in [9.17, 15) is 33.0 Å². The van der Waals surface area contributed by atoms with Gasteiger partial charge < -0.3 is 13.9 Å². The van der Waals surface area contributed by atoms with E-state index in [-0.39, 0.29) is 38.6 Å². The van der Waals surface area contributed by atoms with Gasteiger partial charge in [0.05, 0.1) is 33.8 Å². The van der Waals surface area contributed by atoms with Gasteiger partial charge in [0, 0.05) is 35.0 Å². The normalized spacial score (nSPS) is 14.3. The summed E-state index contributed by atoms with van der Waals surface area (Å²) < 4.78 is 60.4. The van der Waals surface area contributed by atoms with Gasteiger partial charge in [-0.25, -0.2) is 22.9 Å². The number of non-ortho nitro benzene ring substituents is 1. The number of para-hydroxylation sites is 1. The van der Waals surface area contributed by atoms with E-state index >= 15 is 0 Å². The number of hydrogen-bond acceptors (Lipinski definition) is 10. The first-order valence-electron chi connectivity index (χ1n) is 13.5. The predicted molar refractivity (Wildman–Crippen MR) is 162 cm³/mol. The Bertz CT molecular complexity index is 2310. The lowest BCUT2D eigenvalue weighted by Gasteiger charge is -2.28. The second kappa shape index (κ2) is 11.5. The Morgan fingerprint density at radius 2 is 1.85 bits per heavy atom. The molecule has 1 aliphatic rings. The number of pyridine rings is 1. The molecule has 3 aromatic carbocycles. The molecule has 12 nitrogen and oxygen atoms in total. The molecule has 0 spiro atoms. The van der Waals surface area contributed by atoms with E-state index in [1.54, 1.807) is 49.4 Å². The fraction of sp³-hybridized carbons (Fsp3) is 0.0938. The highest BCUT2D eigenvalue weighted by atomic mass is 32.2. The molecule has 230 valence electrons. The van der Waals surface area contributed by atoms with E-state index in [2.05, 4.69) is 9.71 Å². The Hall–Kier alpha value is -6.07. The molecule has 0 fully saturated rings. The van der Waals surface area contributed by atoms with E-state index in [1.165, 1.54) is 19.4 Å². The molecule has 0 radical (unpaired) electrons. The Morgan fingerprint density at radius 1 is 1.11 bits per heavy atom. The number of fused-ring (bicyclic) bond motifs is 3. The summed E-state index contributed by atoms with van der Waals surface area (Å²) >= 11 is 0. The predicted octanol–water partition coefficient (Wildman–Crippen LogP) is 5.46. The van der Waals surface area contributed by atoms with Crippen LogP contribution in [-0.4, -0.2) is 25.4 Å². The fourth-order valence-corrected chi connectivity index (χ4v) is 6.22. The largest absolute Gasteiger partial charge is 0.496 e. The number of nitrogens with one attached hydrogen (secondary N) is 1. The molecule has 1 atom stereocenters. The summed E-state index contributed by atoms with van der Waals surface area (Å²) in [6.45, 7) is 1.55. The molecule has 0 aliphatic carbocycles. The van der Waals surface area contributed by atoms with E-state index in [1.807, 2.05) is 6.07 Å². The number of nitriles is 1. The van der Waals surface area contributed by atoms with Gasteiger partial charge in [0.25, 0.3) is 15.7 Å². The van der Waals surface area contributed by atoms with Crippen molar-refractivity contribution >= 4 is 26.7 Å². The molecule has 2 aromatic heterocycles. The number of ether oxygens (including phenoxy) is 2. The molecule has 1 N–H and O–H groups in total. The minimum Gasteiger partial charge on any atom is -0.496 e. The highest BCUT2D eigenvalue weighted by Crippen LogP contribution is 2.46. The van der Waals surface area contributed by atoms with Crippen LogP contribution in [0.3, 0.4) is 0 Å². The topological polar surface area (TPSA) is 175 Å². The second-order valence-corrected chi connectivity index (χ2v) is 11.8. The molecule has 0 bridgehead atoms. The molecule has 1 aliphatic heterocycles. The van der Waals surface area contributed by atoms with Crippen LogP contribution in [0.25, 0.3) is 22.1 Å². The zero-order valence-electron chi connectivity index (χ0n) is 24.0. The maximum Gasteiger partial charge on any atom is 0.344 e. The lowest BCUT2D eigenvalue weighted by Crippen LogP contribution is -2.33. The molecule has 0 amide bonds. The van der Waals surface area contributed by atoms with Crippen molar-refractivity contribution in [3.63, 3.8) is 0 Å². The summed E-state index contributed by atoms with van der Waals surface area (Å²) in [6, 6.07) is 19.0. The minimum absolute atomic E-state index is 0.0334. The number of rotatable bonds is 7. The molecule has 6 rings (SSSR count). The first kappa shape index (κ1) is 30.0. The van der Waals surface area contributed by atoms with Crippen LogP contribution in [0.5, 0.6) is 11.5 Å². The fourth-order valence-electron chi connectivity index (χ4n) is 5.22. The standard InChI is InChI=1S/C32H21FN4O8S/c1-17-13-19(16-35-30(17)33)23-14-18(7-12-25(23)43-2)27-24(15-34)31(36-46(41,42)21-10-8-20(9-11-21)37(39)40)45-29-22-5-3-4-6-26(22)44-32(38)28(27)29/h3-14,16,27,36H,1-2H3. The highest BCUT2D eigenvalue weighted by Gasteiger charge is 2.38. The van der Waals surface area contributed by atoms with Gasteiger partial charge >= 0.3 is 5.63 Å². The lowest BCUT2D eigenvalue weighted by atomic mass is 9.82.